The number of alkyl halides is 2. The van der Waals surface area contributed by atoms with E-state index >= 15 is 0 Å². The number of esters is 1. The Labute approximate surface area is 189 Å². The number of carbonyl (C=O) groups excluding carboxylic acids is 2. The smallest absolute Gasteiger partial charge is 0.314 e. The maximum atomic E-state index is 15.0. The second kappa shape index (κ2) is 11.3. The summed E-state index contributed by atoms with van der Waals surface area (Å²) >= 11 is 0. The van der Waals surface area contributed by atoms with Gasteiger partial charge in [0.25, 0.3) is 6.43 Å². The van der Waals surface area contributed by atoms with Crippen LogP contribution < -0.4 is 4.74 Å². The van der Waals surface area contributed by atoms with Crippen LogP contribution in [0.15, 0.2) is 12.1 Å². The van der Waals surface area contributed by atoms with E-state index in [9.17, 15) is 22.8 Å². The van der Waals surface area contributed by atoms with Crippen molar-refractivity contribution in [2.24, 2.45) is 23.7 Å². The molecular formula is C26H35F3O3. The molecular weight excluding hydrogens is 417 g/mol. The fourth-order valence-corrected chi connectivity index (χ4v) is 5.30. The van der Waals surface area contributed by atoms with Crippen LogP contribution in [-0.4, -0.2) is 11.8 Å². The summed E-state index contributed by atoms with van der Waals surface area (Å²) in [6, 6.07) is 2.34. The molecule has 2 saturated carbocycles. The third kappa shape index (κ3) is 6.14. The molecule has 0 atom stereocenters. The van der Waals surface area contributed by atoms with Gasteiger partial charge in [0.1, 0.15) is 0 Å². The van der Waals surface area contributed by atoms with E-state index < -0.39 is 35.3 Å². The largest absolute Gasteiger partial charge is 0.423 e. The van der Waals surface area contributed by atoms with E-state index in [1.165, 1.54) is 6.07 Å². The second-order valence-corrected chi connectivity index (χ2v) is 9.82. The van der Waals surface area contributed by atoms with E-state index in [1.807, 2.05) is 0 Å². The minimum absolute atomic E-state index is 0.145. The van der Waals surface area contributed by atoms with Gasteiger partial charge in [0.15, 0.2) is 17.3 Å². The van der Waals surface area contributed by atoms with Crippen molar-refractivity contribution in [2.75, 3.05) is 0 Å². The van der Waals surface area contributed by atoms with Gasteiger partial charge in [-0.15, -0.1) is 0 Å². The molecule has 0 spiro atoms. The van der Waals surface area contributed by atoms with Gasteiger partial charge >= 0.3 is 5.97 Å². The summed E-state index contributed by atoms with van der Waals surface area (Å²) < 4.78 is 47.6. The Hall–Kier alpha value is -1.85. The number of halogens is 3. The van der Waals surface area contributed by atoms with Crippen molar-refractivity contribution < 1.29 is 27.5 Å². The molecule has 3 rings (SSSR count). The van der Waals surface area contributed by atoms with Crippen LogP contribution in [0, 0.1) is 29.5 Å². The van der Waals surface area contributed by atoms with Gasteiger partial charge in [-0.2, -0.15) is 0 Å². The average Bonchev–Trinajstić information content (AvgIpc) is 2.77. The molecule has 0 saturated heterocycles. The zero-order valence-corrected chi connectivity index (χ0v) is 19.2. The lowest BCUT2D eigenvalue weighted by Gasteiger charge is -2.27. The van der Waals surface area contributed by atoms with E-state index in [0.29, 0.717) is 24.7 Å². The molecule has 1 aromatic rings. The number of hydrogen-bond acceptors (Lipinski definition) is 3. The minimum Gasteiger partial charge on any atom is -0.423 e. The van der Waals surface area contributed by atoms with Crippen molar-refractivity contribution in [2.45, 2.75) is 90.9 Å². The zero-order valence-electron chi connectivity index (χ0n) is 19.2. The van der Waals surface area contributed by atoms with Gasteiger partial charge in [0.05, 0.1) is 11.5 Å². The van der Waals surface area contributed by atoms with E-state index in [2.05, 4.69) is 13.8 Å². The molecule has 0 unspecified atom stereocenters. The Balaban J connectivity index is 1.69. The van der Waals surface area contributed by atoms with Crippen molar-refractivity contribution in [3.8, 4) is 5.75 Å². The zero-order chi connectivity index (χ0) is 23.3. The first-order valence-electron chi connectivity index (χ1n) is 12.2. The maximum Gasteiger partial charge on any atom is 0.314 e. The van der Waals surface area contributed by atoms with Crippen molar-refractivity contribution >= 4 is 11.8 Å². The third-order valence-corrected chi connectivity index (χ3v) is 7.36. The Bertz CT molecular complexity index is 792. The molecule has 0 radical (unpaired) electrons. The summed E-state index contributed by atoms with van der Waals surface area (Å²) in [4.78, 5) is 25.3. The summed E-state index contributed by atoms with van der Waals surface area (Å²) in [5.41, 5.74) is -1.24. The molecule has 0 aromatic heterocycles. The van der Waals surface area contributed by atoms with Crippen molar-refractivity contribution in [3.63, 3.8) is 0 Å². The van der Waals surface area contributed by atoms with Gasteiger partial charge in [0, 0.05) is 12.0 Å². The average molecular weight is 453 g/mol. The number of Topliss-reactive ketones (excluding diaryl/α,β-unsaturated/α-hetero) is 1. The molecule has 0 heterocycles. The van der Waals surface area contributed by atoms with Crippen molar-refractivity contribution in [3.05, 3.63) is 29.1 Å². The van der Waals surface area contributed by atoms with Crippen LogP contribution in [0.4, 0.5) is 13.2 Å². The molecule has 3 nitrogen and oxygen atoms in total. The molecule has 6 heteroatoms. The van der Waals surface area contributed by atoms with Crippen LogP contribution in [0.25, 0.3) is 0 Å². The second-order valence-electron chi connectivity index (χ2n) is 9.82. The summed E-state index contributed by atoms with van der Waals surface area (Å²) in [5.74, 6) is -1.82. The van der Waals surface area contributed by atoms with Gasteiger partial charge in [-0.05, 0) is 68.4 Å². The van der Waals surface area contributed by atoms with Gasteiger partial charge in [-0.3, -0.25) is 9.59 Å². The minimum atomic E-state index is -3.16. The van der Waals surface area contributed by atoms with E-state index in [4.69, 9.17) is 4.74 Å². The van der Waals surface area contributed by atoms with Crippen molar-refractivity contribution in [1.29, 1.82) is 0 Å². The summed E-state index contributed by atoms with van der Waals surface area (Å²) in [6.07, 6.45) is 6.20. The molecule has 1 aromatic carbocycles. The third-order valence-electron chi connectivity index (χ3n) is 7.36. The molecule has 0 aliphatic heterocycles. The lowest BCUT2D eigenvalue weighted by atomic mass is 9.80. The molecule has 32 heavy (non-hydrogen) atoms. The highest BCUT2D eigenvalue weighted by atomic mass is 19.3. The van der Waals surface area contributed by atoms with E-state index in [0.717, 1.165) is 57.4 Å². The first-order chi connectivity index (χ1) is 15.3. The lowest BCUT2D eigenvalue weighted by Crippen LogP contribution is -2.26. The molecule has 0 N–H and O–H groups in total. The van der Waals surface area contributed by atoms with Crippen LogP contribution in [0.1, 0.15) is 107 Å². The summed E-state index contributed by atoms with van der Waals surface area (Å²) in [7, 11) is 0. The quantitative estimate of drug-likeness (QED) is 0.231. The predicted molar refractivity (Wildman–Crippen MR) is 117 cm³/mol. The fraction of sp³-hybridized carbons (Fsp3) is 0.692. The number of ketones is 1. The highest BCUT2D eigenvalue weighted by Gasteiger charge is 2.31. The summed E-state index contributed by atoms with van der Waals surface area (Å²) in [5, 5.41) is 0. The number of rotatable bonds is 8. The molecule has 2 fully saturated rings. The van der Waals surface area contributed by atoms with Crippen molar-refractivity contribution in [1.82, 2.24) is 0 Å². The number of ether oxygens (including phenoxy) is 1. The fourth-order valence-electron chi connectivity index (χ4n) is 5.30. The van der Waals surface area contributed by atoms with Crippen LogP contribution in [-0.2, 0) is 4.79 Å². The molecule has 0 amide bonds. The van der Waals surface area contributed by atoms with E-state index in [1.54, 1.807) is 0 Å². The van der Waals surface area contributed by atoms with Gasteiger partial charge < -0.3 is 4.74 Å². The summed E-state index contributed by atoms with van der Waals surface area (Å²) in [6.45, 7) is 4.30. The van der Waals surface area contributed by atoms with Crippen LogP contribution >= 0.6 is 0 Å². The SMILES string of the molecule is CCCC1CCC(C(=O)Oc2ccc(C(=O)CC3CCC(C)CC3)c(C(F)F)c2F)CC1. The number of benzene rings is 1. The van der Waals surface area contributed by atoms with Gasteiger partial charge in [-0.1, -0.05) is 39.5 Å². The molecule has 2 aliphatic carbocycles. The molecule has 0 bridgehead atoms. The Kier molecular flexibility index (Phi) is 8.78. The Morgan fingerprint density at radius 3 is 2.22 bits per heavy atom. The molecule has 178 valence electrons. The number of hydrogen-bond donors (Lipinski definition) is 0. The first-order valence-corrected chi connectivity index (χ1v) is 12.2. The topological polar surface area (TPSA) is 43.4 Å². The predicted octanol–water partition coefficient (Wildman–Crippen LogP) is 7.67. The highest BCUT2D eigenvalue weighted by molar-refractivity contribution is 5.98. The van der Waals surface area contributed by atoms with Crippen LogP contribution in [0.5, 0.6) is 5.75 Å². The highest BCUT2D eigenvalue weighted by Crippen LogP contribution is 2.37. The Morgan fingerprint density at radius 2 is 1.62 bits per heavy atom. The standard InChI is InChI=1S/C26H35F3O3/c1-3-4-17-9-11-19(12-10-17)26(31)32-22-14-13-20(23(24(22)27)25(28)29)21(30)15-18-7-5-16(2)6-8-18/h13-14,16-19,25H,3-12,15H2,1-2H3. The Morgan fingerprint density at radius 1 is 1.00 bits per heavy atom. The van der Waals surface area contributed by atoms with Gasteiger partial charge in [0.2, 0.25) is 0 Å². The van der Waals surface area contributed by atoms with Gasteiger partial charge in [-0.25, -0.2) is 13.2 Å². The normalized spacial score (nSPS) is 26.2. The lowest BCUT2D eigenvalue weighted by molar-refractivity contribution is -0.140. The molecule has 2 aliphatic rings. The monoisotopic (exact) mass is 452 g/mol. The van der Waals surface area contributed by atoms with E-state index in [-0.39, 0.29) is 23.8 Å². The maximum absolute atomic E-state index is 15.0. The van der Waals surface area contributed by atoms with Crippen LogP contribution in [0.2, 0.25) is 0 Å². The van der Waals surface area contributed by atoms with Crippen LogP contribution in [0.3, 0.4) is 0 Å². The number of carbonyl (C=O) groups is 2. The first kappa shape index (κ1) is 24.8.